The Morgan fingerprint density at radius 2 is 1.29 bits per heavy atom. The molecule has 5 nitrogen and oxygen atoms in total. The van der Waals surface area contributed by atoms with Crippen LogP contribution >= 0.6 is 0 Å². The Bertz CT molecular complexity index is 434. The SMILES string of the molecule is CCCCCCCCCCCCCC(=O)C(=O)NC(CCC(=O)O)CC(C)C. The first-order valence-corrected chi connectivity index (χ1v) is 11.4. The summed E-state index contributed by atoms with van der Waals surface area (Å²) in [5, 5.41) is 11.6. The van der Waals surface area contributed by atoms with E-state index in [4.69, 9.17) is 5.11 Å². The van der Waals surface area contributed by atoms with E-state index in [1.807, 2.05) is 13.8 Å². The molecule has 0 aromatic heterocycles. The second-order valence-electron chi connectivity index (χ2n) is 8.44. The highest BCUT2D eigenvalue weighted by Gasteiger charge is 2.19. The Morgan fingerprint density at radius 3 is 1.75 bits per heavy atom. The minimum atomic E-state index is -0.879. The molecular formula is C23H43NO4. The lowest BCUT2D eigenvalue weighted by molar-refractivity contribution is -0.139. The van der Waals surface area contributed by atoms with Gasteiger partial charge in [-0.1, -0.05) is 85.0 Å². The van der Waals surface area contributed by atoms with Crippen LogP contribution in [-0.4, -0.2) is 28.8 Å². The summed E-state index contributed by atoms with van der Waals surface area (Å²) in [6, 6.07) is -0.245. The minimum absolute atomic E-state index is 0.00443. The third-order valence-electron chi connectivity index (χ3n) is 5.06. The average Bonchev–Trinajstić information content (AvgIpc) is 2.63. The first kappa shape index (κ1) is 26.6. The summed E-state index contributed by atoms with van der Waals surface area (Å²) in [7, 11) is 0. The van der Waals surface area contributed by atoms with Gasteiger partial charge in [-0.05, 0) is 25.2 Å². The second-order valence-corrected chi connectivity index (χ2v) is 8.44. The summed E-state index contributed by atoms with van der Waals surface area (Å²) in [6.07, 6.45) is 14.7. The lowest BCUT2D eigenvalue weighted by Gasteiger charge is -2.19. The topological polar surface area (TPSA) is 83.5 Å². The van der Waals surface area contributed by atoms with Gasteiger partial charge in [0.15, 0.2) is 0 Å². The van der Waals surface area contributed by atoms with Crippen molar-refractivity contribution in [2.24, 2.45) is 5.92 Å². The normalized spacial score (nSPS) is 12.1. The van der Waals surface area contributed by atoms with Gasteiger partial charge in [0.25, 0.3) is 5.91 Å². The maximum Gasteiger partial charge on any atom is 0.303 e. The number of unbranched alkanes of at least 4 members (excludes halogenated alkanes) is 10. The average molecular weight is 398 g/mol. The van der Waals surface area contributed by atoms with E-state index in [9.17, 15) is 14.4 Å². The molecule has 0 aromatic carbocycles. The number of carbonyl (C=O) groups excluding carboxylic acids is 2. The number of rotatable bonds is 19. The fourth-order valence-corrected chi connectivity index (χ4v) is 3.44. The van der Waals surface area contributed by atoms with Crippen molar-refractivity contribution in [2.45, 2.75) is 123 Å². The molecule has 5 heteroatoms. The Labute approximate surface area is 172 Å². The molecule has 0 rings (SSSR count). The Morgan fingerprint density at radius 1 is 0.786 bits per heavy atom. The molecule has 1 atom stereocenters. The molecule has 0 bridgehead atoms. The summed E-state index contributed by atoms with van der Waals surface area (Å²) in [5.41, 5.74) is 0. The van der Waals surface area contributed by atoms with Crippen LogP contribution in [0.15, 0.2) is 0 Å². The fraction of sp³-hybridized carbons (Fsp3) is 0.870. The molecule has 0 aliphatic heterocycles. The van der Waals surface area contributed by atoms with Crippen LogP contribution in [0.2, 0.25) is 0 Å². The van der Waals surface area contributed by atoms with Crippen LogP contribution in [0.5, 0.6) is 0 Å². The largest absolute Gasteiger partial charge is 0.481 e. The maximum absolute atomic E-state index is 12.1. The van der Waals surface area contributed by atoms with Crippen LogP contribution < -0.4 is 5.32 Å². The number of nitrogens with one attached hydrogen (secondary N) is 1. The smallest absolute Gasteiger partial charge is 0.303 e. The van der Waals surface area contributed by atoms with E-state index in [2.05, 4.69) is 12.2 Å². The molecule has 0 heterocycles. The van der Waals surface area contributed by atoms with Gasteiger partial charge in [-0.15, -0.1) is 0 Å². The van der Waals surface area contributed by atoms with Gasteiger partial charge in [-0.2, -0.15) is 0 Å². The fourth-order valence-electron chi connectivity index (χ4n) is 3.44. The van der Waals surface area contributed by atoms with Crippen LogP contribution in [0, 0.1) is 5.92 Å². The number of Topliss-reactive ketones (excluding diaryl/α,β-unsaturated/α-hetero) is 1. The predicted molar refractivity (Wildman–Crippen MR) is 114 cm³/mol. The number of carboxylic acids is 1. The highest BCUT2D eigenvalue weighted by molar-refractivity contribution is 6.36. The van der Waals surface area contributed by atoms with Crippen molar-refractivity contribution in [1.29, 1.82) is 0 Å². The number of aliphatic carboxylic acids is 1. The molecule has 0 aliphatic rings. The molecule has 0 aromatic rings. The number of ketones is 1. The van der Waals surface area contributed by atoms with E-state index < -0.39 is 11.9 Å². The van der Waals surface area contributed by atoms with Crippen molar-refractivity contribution < 1.29 is 19.5 Å². The molecule has 28 heavy (non-hydrogen) atoms. The Kier molecular flexibility index (Phi) is 16.8. The minimum Gasteiger partial charge on any atom is -0.481 e. The van der Waals surface area contributed by atoms with Gasteiger partial charge < -0.3 is 10.4 Å². The summed E-state index contributed by atoms with van der Waals surface area (Å²) in [5.74, 6) is -1.47. The quantitative estimate of drug-likeness (QED) is 0.218. The van der Waals surface area contributed by atoms with Gasteiger partial charge in [0, 0.05) is 18.9 Å². The maximum atomic E-state index is 12.1. The van der Waals surface area contributed by atoms with Crippen LogP contribution in [0.4, 0.5) is 0 Å². The summed E-state index contributed by atoms with van der Waals surface area (Å²) in [4.78, 5) is 34.9. The standard InChI is InChI=1S/C23H43NO4/c1-4-5-6-7-8-9-10-11-12-13-14-15-21(25)23(28)24-20(18-19(2)3)16-17-22(26)27/h19-20H,4-18H2,1-3H3,(H,24,28)(H,26,27). The number of amides is 1. The van der Waals surface area contributed by atoms with E-state index in [1.165, 1.54) is 51.4 Å². The summed E-state index contributed by atoms with van der Waals surface area (Å²) < 4.78 is 0. The molecule has 2 N–H and O–H groups in total. The Hall–Kier alpha value is -1.39. The monoisotopic (exact) mass is 397 g/mol. The van der Waals surface area contributed by atoms with Crippen LogP contribution in [0.1, 0.15) is 117 Å². The van der Waals surface area contributed by atoms with Crippen molar-refractivity contribution in [1.82, 2.24) is 5.32 Å². The number of hydrogen-bond donors (Lipinski definition) is 2. The van der Waals surface area contributed by atoms with E-state index >= 15 is 0 Å². The first-order valence-electron chi connectivity index (χ1n) is 11.4. The van der Waals surface area contributed by atoms with Crippen molar-refractivity contribution in [3.8, 4) is 0 Å². The van der Waals surface area contributed by atoms with Crippen molar-refractivity contribution >= 4 is 17.7 Å². The third-order valence-corrected chi connectivity index (χ3v) is 5.06. The second kappa shape index (κ2) is 17.7. The number of hydrogen-bond acceptors (Lipinski definition) is 3. The van der Waals surface area contributed by atoms with Gasteiger partial charge >= 0.3 is 5.97 Å². The molecule has 0 saturated heterocycles. The molecule has 0 radical (unpaired) electrons. The van der Waals surface area contributed by atoms with Gasteiger partial charge in [0.2, 0.25) is 5.78 Å². The summed E-state index contributed by atoms with van der Waals surface area (Å²) >= 11 is 0. The van der Waals surface area contributed by atoms with Crippen molar-refractivity contribution in [2.75, 3.05) is 0 Å². The zero-order chi connectivity index (χ0) is 21.2. The lowest BCUT2D eigenvalue weighted by Crippen LogP contribution is -2.40. The zero-order valence-electron chi connectivity index (χ0n) is 18.4. The van der Waals surface area contributed by atoms with Gasteiger partial charge in [0.05, 0.1) is 0 Å². The summed E-state index contributed by atoms with van der Waals surface area (Å²) in [6.45, 7) is 6.28. The number of carboxylic acid groups (broad SMARTS) is 1. The molecule has 1 unspecified atom stereocenters. The van der Waals surface area contributed by atoms with Crippen LogP contribution in [-0.2, 0) is 14.4 Å². The van der Waals surface area contributed by atoms with E-state index in [1.54, 1.807) is 0 Å². The van der Waals surface area contributed by atoms with Crippen LogP contribution in [0.3, 0.4) is 0 Å². The molecule has 0 saturated carbocycles. The third kappa shape index (κ3) is 16.8. The van der Waals surface area contributed by atoms with E-state index in [-0.39, 0.29) is 24.7 Å². The van der Waals surface area contributed by atoms with E-state index in [0.717, 1.165) is 19.3 Å². The molecule has 0 spiro atoms. The van der Waals surface area contributed by atoms with Gasteiger partial charge in [0.1, 0.15) is 0 Å². The molecule has 0 aliphatic carbocycles. The highest BCUT2D eigenvalue weighted by Crippen LogP contribution is 2.13. The highest BCUT2D eigenvalue weighted by atomic mass is 16.4. The predicted octanol–water partition coefficient (Wildman–Crippen LogP) is 5.65. The molecule has 1 amide bonds. The van der Waals surface area contributed by atoms with E-state index in [0.29, 0.717) is 18.8 Å². The van der Waals surface area contributed by atoms with Gasteiger partial charge in [-0.25, -0.2) is 0 Å². The lowest BCUT2D eigenvalue weighted by atomic mass is 9.99. The first-order chi connectivity index (χ1) is 13.4. The molecule has 0 fully saturated rings. The van der Waals surface area contributed by atoms with Crippen molar-refractivity contribution in [3.63, 3.8) is 0 Å². The molecular weight excluding hydrogens is 354 g/mol. The van der Waals surface area contributed by atoms with Crippen LogP contribution in [0.25, 0.3) is 0 Å². The molecule has 164 valence electrons. The Balaban J connectivity index is 3.83. The number of carbonyl (C=O) groups is 3. The van der Waals surface area contributed by atoms with Gasteiger partial charge in [-0.3, -0.25) is 14.4 Å². The van der Waals surface area contributed by atoms with Crippen molar-refractivity contribution in [3.05, 3.63) is 0 Å². The zero-order valence-corrected chi connectivity index (χ0v) is 18.4.